The summed E-state index contributed by atoms with van der Waals surface area (Å²) in [5.41, 5.74) is 2.80. The summed E-state index contributed by atoms with van der Waals surface area (Å²) in [5.74, 6) is 2.60. The van der Waals surface area contributed by atoms with Gasteiger partial charge in [-0.25, -0.2) is 0 Å². The van der Waals surface area contributed by atoms with Crippen molar-refractivity contribution in [3.63, 3.8) is 0 Å². The fourth-order valence-electron chi connectivity index (χ4n) is 3.25. The Morgan fingerprint density at radius 1 is 1.25 bits per heavy atom. The lowest BCUT2D eigenvalue weighted by Gasteiger charge is -2.17. The standard InChI is InChI=1S/C14H19NO/c1-16-11-6-7-12-13(9-15-14(12)8-11)10-4-2-3-5-10/h6-8,10,13,15H,2-5,9H2,1H3. The molecule has 2 heteroatoms. The van der Waals surface area contributed by atoms with Crippen molar-refractivity contribution in [2.75, 3.05) is 19.0 Å². The molecule has 1 aliphatic carbocycles. The molecule has 0 bridgehead atoms. The predicted molar refractivity (Wildman–Crippen MR) is 66.2 cm³/mol. The van der Waals surface area contributed by atoms with Crippen molar-refractivity contribution in [1.29, 1.82) is 0 Å². The lowest BCUT2D eigenvalue weighted by atomic mass is 9.86. The van der Waals surface area contributed by atoms with Crippen LogP contribution in [-0.4, -0.2) is 13.7 Å². The van der Waals surface area contributed by atoms with Gasteiger partial charge in [-0.1, -0.05) is 18.9 Å². The second kappa shape index (κ2) is 4.00. The van der Waals surface area contributed by atoms with E-state index >= 15 is 0 Å². The summed E-state index contributed by atoms with van der Waals surface area (Å²) < 4.78 is 5.26. The Morgan fingerprint density at radius 3 is 2.81 bits per heavy atom. The number of ether oxygens (including phenoxy) is 1. The van der Waals surface area contributed by atoms with Gasteiger partial charge in [0.25, 0.3) is 0 Å². The van der Waals surface area contributed by atoms with E-state index in [1.54, 1.807) is 7.11 Å². The van der Waals surface area contributed by atoms with Crippen LogP contribution in [0.15, 0.2) is 18.2 Å². The van der Waals surface area contributed by atoms with Gasteiger partial charge in [-0.2, -0.15) is 0 Å². The number of nitrogens with one attached hydrogen (secondary N) is 1. The molecule has 3 rings (SSSR count). The average Bonchev–Trinajstić information content (AvgIpc) is 2.96. The lowest BCUT2D eigenvalue weighted by molar-refractivity contribution is 0.414. The molecule has 0 aromatic heterocycles. The van der Waals surface area contributed by atoms with E-state index in [4.69, 9.17) is 4.74 Å². The Bertz CT molecular complexity index is 382. The van der Waals surface area contributed by atoms with Crippen LogP contribution < -0.4 is 10.1 Å². The minimum atomic E-state index is 0.739. The lowest BCUT2D eigenvalue weighted by Crippen LogP contribution is -2.11. The maximum atomic E-state index is 5.26. The van der Waals surface area contributed by atoms with Crippen molar-refractivity contribution in [3.05, 3.63) is 23.8 Å². The summed E-state index contributed by atoms with van der Waals surface area (Å²) in [7, 11) is 1.73. The van der Waals surface area contributed by atoms with Crippen molar-refractivity contribution in [2.24, 2.45) is 5.92 Å². The highest BCUT2D eigenvalue weighted by molar-refractivity contribution is 5.61. The zero-order chi connectivity index (χ0) is 11.0. The number of hydrogen-bond donors (Lipinski definition) is 1. The van der Waals surface area contributed by atoms with Crippen molar-refractivity contribution in [3.8, 4) is 5.75 Å². The number of anilines is 1. The van der Waals surface area contributed by atoms with Crippen LogP contribution in [0.1, 0.15) is 37.2 Å². The minimum absolute atomic E-state index is 0.739. The second-order valence-electron chi connectivity index (χ2n) is 4.99. The van der Waals surface area contributed by atoms with E-state index in [0.29, 0.717) is 0 Å². The number of methoxy groups -OCH3 is 1. The molecule has 86 valence electrons. The molecule has 1 fully saturated rings. The van der Waals surface area contributed by atoms with E-state index in [-0.39, 0.29) is 0 Å². The molecule has 1 aromatic carbocycles. The topological polar surface area (TPSA) is 21.3 Å². The average molecular weight is 217 g/mol. The highest BCUT2D eigenvalue weighted by atomic mass is 16.5. The molecule has 1 saturated carbocycles. The minimum Gasteiger partial charge on any atom is -0.497 e. The monoisotopic (exact) mass is 217 g/mol. The third kappa shape index (κ3) is 1.57. The van der Waals surface area contributed by atoms with Crippen LogP contribution in [0, 0.1) is 5.92 Å². The normalized spacial score (nSPS) is 24.2. The van der Waals surface area contributed by atoms with E-state index in [9.17, 15) is 0 Å². The van der Waals surface area contributed by atoms with Gasteiger partial charge in [0.15, 0.2) is 0 Å². The fourth-order valence-corrected chi connectivity index (χ4v) is 3.25. The number of hydrogen-bond acceptors (Lipinski definition) is 2. The first-order valence-corrected chi connectivity index (χ1v) is 6.30. The van der Waals surface area contributed by atoms with Crippen LogP contribution in [0.25, 0.3) is 0 Å². The number of fused-ring (bicyclic) bond motifs is 1. The summed E-state index contributed by atoms with van der Waals surface area (Å²) >= 11 is 0. The van der Waals surface area contributed by atoms with Crippen LogP contribution in [0.2, 0.25) is 0 Å². The van der Waals surface area contributed by atoms with Gasteiger partial charge in [0.1, 0.15) is 5.75 Å². The van der Waals surface area contributed by atoms with Gasteiger partial charge in [-0.15, -0.1) is 0 Å². The van der Waals surface area contributed by atoms with E-state index in [1.807, 2.05) is 0 Å². The zero-order valence-corrected chi connectivity index (χ0v) is 9.83. The molecule has 2 aliphatic rings. The first-order chi connectivity index (χ1) is 7.88. The molecule has 0 radical (unpaired) electrons. The molecule has 1 heterocycles. The van der Waals surface area contributed by atoms with Crippen LogP contribution in [0.5, 0.6) is 5.75 Å². The summed E-state index contributed by atoms with van der Waals surface area (Å²) in [5, 5.41) is 3.52. The molecule has 1 unspecified atom stereocenters. The second-order valence-corrected chi connectivity index (χ2v) is 4.99. The molecule has 16 heavy (non-hydrogen) atoms. The summed E-state index contributed by atoms with van der Waals surface area (Å²) in [6, 6.07) is 6.47. The molecule has 0 spiro atoms. The highest BCUT2D eigenvalue weighted by Crippen LogP contribution is 2.44. The fraction of sp³-hybridized carbons (Fsp3) is 0.571. The van der Waals surface area contributed by atoms with Crippen LogP contribution in [-0.2, 0) is 0 Å². The molecular weight excluding hydrogens is 198 g/mol. The number of rotatable bonds is 2. The number of benzene rings is 1. The van der Waals surface area contributed by atoms with Crippen LogP contribution in [0.3, 0.4) is 0 Å². The largest absolute Gasteiger partial charge is 0.497 e. The Labute approximate surface area is 97.0 Å². The third-order valence-electron chi connectivity index (χ3n) is 4.14. The van der Waals surface area contributed by atoms with Gasteiger partial charge in [-0.05, 0) is 30.4 Å². The highest BCUT2D eigenvalue weighted by Gasteiger charge is 2.31. The van der Waals surface area contributed by atoms with Crippen LogP contribution in [0.4, 0.5) is 5.69 Å². The van der Waals surface area contributed by atoms with E-state index in [1.165, 1.54) is 36.9 Å². The molecular formula is C14H19NO. The summed E-state index contributed by atoms with van der Waals surface area (Å²) in [6.07, 6.45) is 5.68. The molecule has 1 N–H and O–H groups in total. The molecule has 0 amide bonds. The molecule has 2 nitrogen and oxygen atoms in total. The van der Waals surface area contributed by atoms with Gasteiger partial charge in [0.05, 0.1) is 7.11 Å². The van der Waals surface area contributed by atoms with E-state index in [2.05, 4.69) is 23.5 Å². The third-order valence-corrected chi connectivity index (χ3v) is 4.14. The first-order valence-electron chi connectivity index (χ1n) is 6.30. The zero-order valence-electron chi connectivity index (χ0n) is 9.83. The van der Waals surface area contributed by atoms with Gasteiger partial charge < -0.3 is 10.1 Å². The van der Waals surface area contributed by atoms with E-state index < -0.39 is 0 Å². The van der Waals surface area contributed by atoms with Gasteiger partial charge in [0, 0.05) is 24.2 Å². The Hall–Kier alpha value is -1.18. The molecule has 1 aliphatic heterocycles. The predicted octanol–water partition coefficient (Wildman–Crippen LogP) is 3.39. The summed E-state index contributed by atoms with van der Waals surface area (Å²) in [4.78, 5) is 0. The van der Waals surface area contributed by atoms with Crippen LogP contribution >= 0.6 is 0 Å². The Morgan fingerprint density at radius 2 is 2.06 bits per heavy atom. The van der Waals surface area contributed by atoms with Crippen molar-refractivity contribution < 1.29 is 4.74 Å². The van der Waals surface area contributed by atoms with Gasteiger partial charge >= 0.3 is 0 Å². The van der Waals surface area contributed by atoms with E-state index in [0.717, 1.165) is 24.1 Å². The maximum absolute atomic E-state index is 5.26. The van der Waals surface area contributed by atoms with Gasteiger partial charge in [-0.3, -0.25) is 0 Å². The van der Waals surface area contributed by atoms with Crippen molar-refractivity contribution in [1.82, 2.24) is 0 Å². The maximum Gasteiger partial charge on any atom is 0.120 e. The van der Waals surface area contributed by atoms with Crippen molar-refractivity contribution >= 4 is 5.69 Å². The molecule has 0 saturated heterocycles. The smallest absolute Gasteiger partial charge is 0.120 e. The summed E-state index contributed by atoms with van der Waals surface area (Å²) in [6.45, 7) is 1.12. The first kappa shape index (κ1) is 10.0. The molecule has 1 aromatic rings. The van der Waals surface area contributed by atoms with Crippen molar-refractivity contribution in [2.45, 2.75) is 31.6 Å². The Balaban J connectivity index is 1.87. The quantitative estimate of drug-likeness (QED) is 0.819. The Kier molecular flexibility index (Phi) is 2.50. The SMILES string of the molecule is COc1ccc2c(c1)NCC2C1CCCC1. The molecule has 1 atom stereocenters. The van der Waals surface area contributed by atoms with Gasteiger partial charge in [0.2, 0.25) is 0 Å².